The maximum atomic E-state index is 11.7. The molecule has 0 bridgehead atoms. The Balaban J connectivity index is 1.71. The van der Waals surface area contributed by atoms with Crippen molar-refractivity contribution in [2.24, 2.45) is 0 Å². The summed E-state index contributed by atoms with van der Waals surface area (Å²) in [6.07, 6.45) is 0. The van der Waals surface area contributed by atoms with Crippen molar-refractivity contribution in [3.63, 3.8) is 0 Å². The summed E-state index contributed by atoms with van der Waals surface area (Å²) >= 11 is 0. The van der Waals surface area contributed by atoms with Crippen LogP contribution in [-0.4, -0.2) is 36.0 Å². The van der Waals surface area contributed by atoms with Crippen LogP contribution in [0.15, 0.2) is 42.5 Å². The van der Waals surface area contributed by atoms with E-state index in [9.17, 15) is 4.79 Å². The molecule has 0 aliphatic carbocycles. The molecule has 1 aliphatic rings. The van der Waals surface area contributed by atoms with Crippen molar-refractivity contribution < 1.29 is 24.2 Å². The first-order valence-electron chi connectivity index (χ1n) is 8.43. The molecule has 1 amide bonds. The van der Waals surface area contributed by atoms with Crippen LogP contribution >= 0.6 is 0 Å². The quantitative estimate of drug-likeness (QED) is 0.557. The smallest absolute Gasteiger partial charge is 0.257 e. The van der Waals surface area contributed by atoms with Gasteiger partial charge in [0.2, 0.25) is 6.79 Å². The van der Waals surface area contributed by atoms with E-state index in [1.165, 1.54) is 0 Å². The zero-order chi connectivity index (χ0) is 18.4. The maximum absolute atomic E-state index is 11.7. The molecule has 138 valence electrons. The van der Waals surface area contributed by atoms with Gasteiger partial charge in [-0.15, -0.1) is 0 Å². The molecular weight excluding hydrogens is 336 g/mol. The normalized spacial score (nSPS) is 12.3. The minimum absolute atomic E-state index is 0.0676. The number of fused-ring (bicyclic) bond motifs is 1. The van der Waals surface area contributed by atoms with Crippen molar-refractivity contribution in [1.29, 1.82) is 0 Å². The Morgan fingerprint density at radius 2 is 1.81 bits per heavy atom. The van der Waals surface area contributed by atoms with Gasteiger partial charge >= 0.3 is 0 Å². The summed E-state index contributed by atoms with van der Waals surface area (Å²) in [4.78, 5) is 13.6. The highest BCUT2D eigenvalue weighted by molar-refractivity contribution is 5.76. The van der Waals surface area contributed by atoms with E-state index in [-0.39, 0.29) is 13.3 Å². The van der Waals surface area contributed by atoms with E-state index in [2.05, 4.69) is 0 Å². The number of nitrogens with zero attached hydrogens (tertiary/aromatic N) is 1. The second kappa shape index (κ2) is 8.55. The third-order valence-electron chi connectivity index (χ3n) is 3.98. The Bertz CT molecular complexity index is 748. The number of ether oxygens (including phenoxy) is 3. The number of carbonyl (C=O) groups is 1. The van der Waals surface area contributed by atoms with Gasteiger partial charge < -0.3 is 14.2 Å². The molecule has 1 aliphatic heterocycles. The second-order valence-corrected chi connectivity index (χ2v) is 5.94. The van der Waals surface area contributed by atoms with Crippen LogP contribution in [0.1, 0.15) is 18.1 Å². The standard InChI is InChI=1S/C19H22N2O5/c1-2-24-16-6-3-14(4-7-16)10-21(12-19(22)20-23)11-15-5-8-17-18(9-15)26-13-25-17/h3-9,23H,2,10-13H2,1H3,(H,20,22). The average Bonchev–Trinajstić information content (AvgIpc) is 3.11. The summed E-state index contributed by atoms with van der Waals surface area (Å²) in [5.74, 6) is 1.78. The molecule has 0 aromatic heterocycles. The van der Waals surface area contributed by atoms with Gasteiger partial charge in [-0.2, -0.15) is 0 Å². The van der Waals surface area contributed by atoms with E-state index in [0.29, 0.717) is 25.4 Å². The lowest BCUT2D eigenvalue weighted by Crippen LogP contribution is -2.35. The van der Waals surface area contributed by atoms with Gasteiger partial charge in [0.05, 0.1) is 13.2 Å². The third-order valence-corrected chi connectivity index (χ3v) is 3.98. The van der Waals surface area contributed by atoms with E-state index in [1.807, 2.05) is 54.3 Å². The molecule has 0 atom stereocenters. The van der Waals surface area contributed by atoms with Gasteiger partial charge in [-0.05, 0) is 42.3 Å². The highest BCUT2D eigenvalue weighted by Crippen LogP contribution is 2.32. The fourth-order valence-corrected chi connectivity index (χ4v) is 2.82. The Kier molecular flexibility index (Phi) is 5.93. The second-order valence-electron chi connectivity index (χ2n) is 5.94. The molecule has 2 aromatic rings. The molecule has 7 nitrogen and oxygen atoms in total. The number of hydroxylamine groups is 1. The van der Waals surface area contributed by atoms with Gasteiger partial charge in [-0.1, -0.05) is 18.2 Å². The van der Waals surface area contributed by atoms with E-state index < -0.39 is 5.91 Å². The Morgan fingerprint density at radius 1 is 1.12 bits per heavy atom. The lowest BCUT2D eigenvalue weighted by Gasteiger charge is -2.21. The average molecular weight is 358 g/mol. The summed E-state index contributed by atoms with van der Waals surface area (Å²) in [6, 6.07) is 13.5. The fraction of sp³-hybridized carbons (Fsp3) is 0.316. The largest absolute Gasteiger partial charge is 0.494 e. The summed E-state index contributed by atoms with van der Waals surface area (Å²) in [6.45, 7) is 3.92. The molecule has 0 fully saturated rings. The van der Waals surface area contributed by atoms with Crippen molar-refractivity contribution in [3.8, 4) is 17.2 Å². The van der Waals surface area contributed by atoms with E-state index in [0.717, 1.165) is 22.6 Å². The van der Waals surface area contributed by atoms with Crippen molar-refractivity contribution >= 4 is 5.91 Å². The summed E-state index contributed by atoms with van der Waals surface area (Å²) in [7, 11) is 0. The lowest BCUT2D eigenvalue weighted by atomic mass is 10.1. The number of hydrogen-bond donors (Lipinski definition) is 2. The topological polar surface area (TPSA) is 80.3 Å². The van der Waals surface area contributed by atoms with Gasteiger partial charge in [0.1, 0.15) is 5.75 Å². The van der Waals surface area contributed by atoms with Gasteiger partial charge in [0.25, 0.3) is 5.91 Å². The van der Waals surface area contributed by atoms with Crippen LogP contribution in [0.25, 0.3) is 0 Å². The molecular formula is C19H22N2O5. The van der Waals surface area contributed by atoms with Crippen molar-refractivity contribution in [2.75, 3.05) is 19.9 Å². The van der Waals surface area contributed by atoms with Crippen LogP contribution in [0, 0.1) is 0 Å². The van der Waals surface area contributed by atoms with Crippen LogP contribution in [0.4, 0.5) is 0 Å². The number of carbonyl (C=O) groups excluding carboxylic acids is 1. The first-order valence-corrected chi connectivity index (χ1v) is 8.43. The highest BCUT2D eigenvalue weighted by atomic mass is 16.7. The minimum Gasteiger partial charge on any atom is -0.494 e. The summed E-state index contributed by atoms with van der Waals surface area (Å²) in [5, 5.41) is 8.86. The zero-order valence-corrected chi connectivity index (χ0v) is 14.6. The van der Waals surface area contributed by atoms with Gasteiger partial charge in [-0.3, -0.25) is 14.9 Å². The number of amides is 1. The number of rotatable bonds is 8. The van der Waals surface area contributed by atoms with Crippen molar-refractivity contribution in [1.82, 2.24) is 10.4 Å². The van der Waals surface area contributed by atoms with Crippen molar-refractivity contribution in [2.45, 2.75) is 20.0 Å². The Labute approximate surface area is 152 Å². The molecule has 26 heavy (non-hydrogen) atoms. The molecule has 0 unspecified atom stereocenters. The SMILES string of the molecule is CCOc1ccc(CN(CC(=O)NO)Cc2ccc3c(c2)OCO3)cc1. The van der Waals surface area contributed by atoms with E-state index in [1.54, 1.807) is 5.48 Å². The van der Waals surface area contributed by atoms with Crippen molar-refractivity contribution in [3.05, 3.63) is 53.6 Å². The van der Waals surface area contributed by atoms with Crippen LogP contribution in [0.5, 0.6) is 17.2 Å². The van der Waals surface area contributed by atoms with Crippen LogP contribution < -0.4 is 19.7 Å². The number of benzene rings is 2. The van der Waals surface area contributed by atoms with E-state index in [4.69, 9.17) is 19.4 Å². The van der Waals surface area contributed by atoms with Gasteiger partial charge in [0.15, 0.2) is 11.5 Å². The molecule has 2 aromatic carbocycles. The van der Waals surface area contributed by atoms with Gasteiger partial charge in [0, 0.05) is 13.1 Å². The molecule has 0 radical (unpaired) electrons. The lowest BCUT2D eigenvalue weighted by molar-refractivity contribution is -0.130. The predicted molar refractivity (Wildman–Crippen MR) is 94.2 cm³/mol. The number of nitrogens with one attached hydrogen (secondary N) is 1. The van der Waals surface area contributed by atoms with Crippen LogP contribution in [0.2, 0.25) is 0 Å². The summed E-state index contributed by atoms with van der Waals surface area (Å²) < 4.78 is 16.2. The Hall–Kier alpha value is -2.77. The zero-order valence-electron chi connectivity index (χ0n) is 14.6. The molecule has 7 heteroatoms. The predicted octanol–water partition coefficient (Wildman–Crippen LogP) is 2.32. The monoisotopic (exact) mass is 358 g/mol. The molecule has 0 saturated heterocycles. The summed E-state index contributed by atoms with van der Waals surface area (Å²) in [5.41, 5.74) is 3.72. The minimum atomic E-state index is -0.461. The van der Waals surface area contributed by atoms with Gasteiger partial charge in [-0.25, -0.2) is 5.48 Å². The molecule has 3 rings (SSSR count). The Morgan fingerprint density at radius 3 is 2.54 bits per heavy atom. The maximum Gasteiger partial charge on any atom is 0.257 e. The fourth-order valence-electron chi connectivity index (χ4n) is 2.82. The molecule has 0 spiro atoms. The number of hydrogen-bond acceptors (Lipinski definition) is 6. The first kappa shape index (κ1) is 18.0. The molecule has 2 N–H and O–H groups in total. The highest BCUT2D eigenvalue weighted by Gasteiger charge is 2.16. The van der Waals surface area contributed by atoms with Crippen LogP contribution in [-0.2, 0) is 17.9 Å². The van der Waals surface area contributed by atoms with Crippen LogP contribution in [0.3, 0.4) is 0 Å². The first-order chi connectivity index (χ1) is 12.7. The molecule has 1 heterocycles. The molecule has 0 saturated carbocycles. The third kappa shape index (κ3) is 4.65. The van der Waals surface area contributed by atoms with E-state index >= 15 is 0 Å².